The zero-order chi connectivity index (χ0) is 21.1. The number of anilines is 1. The molecule has 7 nitrogen and oxygen atoms in total. The van der Waals surface area contributed by atoms with Gasteiger partial charge in [0.15, 0.2) is 0 Å². The first-order valence-corrected chi connectivity index (χ1v) is 10.2. The van der Waals surface area contributed by atoms with Gasteiger partial charge in [-0.1, -0.05) is 37.3 Å². The van der Waals surface area contributed by atoms with E-state index >= 15 is 0 Å². The predicted octanol–water partition coefficient (Wildman–Crippen LogP) is 4.16. The molecule has 2 atom stereocenters. The van der Waals surface area contributed by atoms with Crippen LogP contribution >= 0.6 is 0 Å². The fourth-order valence-corrected chi connectivity index (χ4v) is 4.12. The van der Waals surface area contributed by atoms with Crippen LogP contribution in [0.25, 0.3) is 0 Å². The van der Waals surface area contributed by atoms with E-state index in [1.165, 1.54) is 6.33 Å². The van der Waals surface area contributed by atoms with Gasteiger partial charge < -0.3 is 9.47 Å². The summed E-state index contributed by atoms with van der Waals surface area (Å²) in [6.07, 6.45) is 3.41. The average Bonchev–Trinajstić information content (AvgIpc) is 3.28. The van der Waals surface area contributed by atoms with Crippen molar-refractivity contribution in [1.82, 2.24) is 14.8 Å². The summed E-state index contributed by atoms with van der Waals surface area (Å²) >= 11 is 0. The van der Waals surface area contributed by atoms with Crippen LogP contribution in [0.4, 0.5) is 5.95 Å². The third-order valence-electron chi connectivity index (χ3n) is 5.55. The predicted molar refractivity (Wildman–Crippen MR) is 114 cm³/mol. The molecule has 0 saturated carbocycles. The first-order chi connectivity index (χ1) is 14.7. The Morgan fingerprint density at radius 3 is 2.53 bits per heavy atom. The highest BCUT2D eigenvalue weighted by Crippen LogP contribution is 2.44. The minimum absolute atomic E-state index is 0.0473. The molecule has 0 aliphatic carbocycles. The number of aromatic nitrogens is 3. The minimum Gasteiger partial charge on any atom is -0.497 e. The molecule has 0 radical (unpaired) electrons. The van der Waals surface area contributed by atoms with Crippen molar-refractivity contribution in [3.63, 3.8) is 0 Å². The number of nitrogens with zero attached hydrogens (tertiary/aromatic N) is 4. The second kappa shape index (κ2) is 8.57. The SMILES string of the molecule is CCCC(=O)N1c2ncnn2[C@@H](c2ccccc2OC)C[C@H]1c1ccc(OC)cc1. The highest BCUT2D eigenvalue weighted by molar-refractivity contribution is 5.92. The van der Waals surface area contributed by atoms with Gasteiger partial charge in [-0.3, -0.25) is 9.69 Å². The second-order valence-corrected chi connectivity index (χ2v) is 7.30. The summed E-state index contributed by atoms with van der Waals surface area (Å²) in [6.45, 7) is 2.01. The third-order valence-corrected chi connectivity index (χ3v) is 5.55. The number of hydrogen-bond donors (Lipinski definition) is 0. The van der Waals surface area contributed by atoms with Gasteiger partial charge in [-0.15, -0.1) is 0 Å². The molecule has 0 fully saturated rings. The van der Waals surface area contributed by atoms with Crippen LogP contribution in [0.5, 0.6) is 11.5 Å². The zero-order valence-electron chi connectivity index (χ0n) is 17.5. The van der Waals surface area contributed by atoms with Gasteiger partial charge in [0.1, 0.15) is 17.8 Å². The topological polar surface area (TPSA) is 69.5 Å². The quantitative estimate of drug-likeness (QED) is 0.615. The number of fused-ring (bicyclic) bond motifs is 1. The summed E-state index contributed by atoms with van der Waals surface area (Å²) in [7, 11) is 3.31. The summed E-state index contributed by atoms with van der Waals surface area (Å²) in [5, 5.41) is 4.47. The van der Waals surface area contributed by atoms with Gasteiger partial charge >= 0.3 is 0 Å². The Hall–Kier alpha value is -3.35. The van der Waals surface area contributed by atoms with Crippen LogP contribution in [-0.4, -0.2) is 34.9 Å². The molecule has 7 heteroatoms. The molecule has 30 heavy (non-hydrogen) atoms. The van der Waals surface area contributed by atoms with Crippen LogP contribution in [0, 0.1) is 0 Å². The van der Waals surface area contributed by atoms with E-state index in [2.05, 4.69) is 10.1 Å². The van der Waals surface area contributed by atoms with Crippen molar-refractivity contribution in [2.45, 2.75) is 38.3 Å². The van der Waals surface area contributed by atoms with Crippen LogP contribution in [0.15, 0.2) is 54.9 Å². The largest absolute Gasteiger partial charge is 0.497 e. The molecule has 1 aliphatic heterocycles. The standard InChI is InChI=1S/C23H26N4O3/c1-4-7-22(28)26-19(16-10-12-17(29-2)13-11-16)14-20(27-23(26)24-15-25-27)18-8-5-6-9-21(18)30-3/h5-6,8-13,15,19-20H,4,7,14H2,1-3H3/t19-,20+/m0/s1. The zero-order valence-corrected chi connectivity index (χ0v) is 17.5. The summed E-state index contributed by atoms with van der Waals surface area (Å²) in [5.41, 5.74) is 2.06. The highest BCUT2D eigenvalue weighted by Gasteiger charge is 2.39. The number of hydrogen-bond acceptors (Lipinski definition) is 5. The Kier molecular flexibility index (Phi) is 5.70. The van der Waals surface area contributed by atoms with Gasteiger partial charge in [0.2, 0.25) is 11.9 Å². The van der Waals surface area contributed by atoms with E-state index < -0.39 is 0 Å². The maximum Gasteiger partial charge on any atom is 0.231 e. The van der Waals surface area contributed by atoms with E-state index in [4.69, 9.17) is 9.47 Å². The van der Waals surface area contributed by atoms with E-state index in [0.717, 1.165) is 29.0 Å². The van der Waals surface area contributed by atoms with Gasteiger partial charge in [-0.2, -0.15) is 10.1 Å². The molecule has 3 aromatic rings. The average molecular weight is 406 g/mol. The Labute approximate surface area is 176 Å². The summed E-state index contributed by atoms with van der Waals surface area (Å²) in [6, 6.07) is 15.5. The molecule has 1 aromatic heterocycles. The number of carbonyl (C=O) groups excluding carboxylic acids is 1. The molecule has 2 heterocycles. The molecule has 0 unspecified atom stereocenters. The van der Waals surface area contributed by atoms with Crippen molar-refractivity contribution < 1.29 is 14.3 Å². The Balaban J connectivity index is 1.83. The van der Waals surface area contributed by atoms with E-state index in [0.29, 0.717) is 18.8 Å². The van der Waals surface area contributed by atoms with Crippen LogP contribution in [0.2, 0.25) is 0 Å². The third kappa shape index (κ3) is 3.51. The van der Waals surface area contributed by atoms with Gasteiger partial charge in [-0.25, -0.2) is 4.68 Å². The molecule has 0 saturated heterocycles. The fraction of sp³-hybridized carbons (Fsp3) is 0.348. The Bertz CT molecular complexity index is 1020. The van der Waals surface area contributed by atoms with Crippen molar-refractivity contribution in [1.29, 1.82) is 0 Å². The molecule has 0 spiro atoms. The van der Waals surface area contributed by atoms with Crippen LogP contribution in [0.3, 0.4) is 0 Å². The van der Waals surface area contributed by atoms with Crippen molar-refractivity contribution in [2.75, 3.05) is 19.1 Å². The minimum atomic E-state index is -0.165. The van der Waals surface area contributed by atoms with Gasteiger partial charge in [0.25, 0.3) is 0 Å². The summed E-state index contributed by atoms with van der Waals surface area (Å²) in [4.78, 5) is 19.4. The first-order valence-electron chi connectivity index (χ1n) is 10.2. The number of rotatable bonds is 6. The van der Waals surface area contributed by atoms with E-state index in [1.54, 1.807) is 19.1 Å². The smallest absolute Gasteiger partial charge is 0.231 e. The lowest BCUT2D eigenvalue weighted by atomic mass is 9.91. The molecular formula is C23H26N4O3. The van der Waals surface area contributed by atoms with Crippen molar-refractivity contribution in [3.05, 3.63) is 66.0 Å². The Morgan fingerprint density at radius 1 is 1.07 bits per heavy atom. The molecule has 2 aromatic carbocycles. The van der Waals surface area contributed by atoms with Crippen LogP contribution in [-0.2, 0) is 4.79 Å². The highest BCUT2D eigenvalue weighted by atomic mass is 16.5. The fourth-order valence-electron chi connectivity index (χ4n) is 4.12. The van der Waals surface area contributed by atoms with Gasteiger partial charge in [0, 0.05) is 12.0 Å². The maximum absolute atomic E-state index is 13.1. The number of amides is 1. The van der Waals surface area contributed by atoms with E-state index in [1.807, 2.05) is 60.1 Å². The number of benzene rings is 2. The molecule has 1 aliphatic rings. The number of para-hydroxylation sites is 1. The molecule has 1 amide bonds. The number of carbonyl (C=O) groups is 1. The molecule has 156 valence electrons. The van der Waals surface area contributed by atoms with Crippen molar-refractivity contribution in [3.8, 4) is 11.5 Å². The van der Waals surface area contributed by atoms with Crippen LogP contribution in [0.1, 0.15) is 49.4 Å². The number of methoxy groups -OCH3 is 2. The molecule has 4 rings (SSSR count). The van der Waals surface area contributed by atoms with E-state index in [-0.39, 0.29) is 18.0 Å². The second-order valence-electron chi connectivity index (χ2n) is 7.30. The lowest BCUT2D eigenvalue weighted by molar-refractivity contribution is -0.119. The number of ether oxygens (including phenoxy) is 2. The lowest BCUT2D eigenvalue weighted by Gasteiger charge is -2.39. The van der Waals surface area contributed by atoms with Crippen LogP contribution < -0.4 is 14.4 Å². The van der Waals surface area contributed by atoms with Crippen molar-refractivity contribution >= 4 is 11.9 Å². The van der Waals surface area contributed by atoms with E-state index in [9.17, 15) is 4.79 Å². The van der Waals surface area contributed by atoms with Gasteiger partial charge in [0.05, 0.1) is 26.3 Å². The first kappa shape index (κ1) is 19.9. The normalized spacial score (nSPS) is 18.0. The molecule has 0 N–H and O–H groups in total. The molecule has 0 bridgehead atoms. The summed E-state index contributed by atoms with van der Waals surface area (Å²) in [5.74, 6) is 2.19. The maximum atomic E-state index is 13.1. The van der Waals surface area contributed by atoms with Crippen molar-refractivity contribution in [2.24, 2.45) is 0 Å². The lowest BCUT2D eigenvalue weighted by Crippen LogP contribution is -2.42. The molecular weight excluding hydrogens is 380 g/mol. The summed E-state index contributed by atoms with van der Waals surface area (Å²) < 4.78 is 12.8. The monoisotopic (exact) mass is 406 g/mol. The van der Waals surface area contributed by atoms with Gasteiger partial charge in [-0.05, 0) is 36.6 Å². The Morgan fingerprint density at radius 2 is 1.83 bits per heavy atom.